The van der Waals surface area contributed by atoms with Gasteiger partial charge in [0.25, 0.3) is 0 Å². The van der Waals surface area contributed by atoms with Crippen LogP contribution < -0.4 is 10.6 Å². The predicted molar refractivity (Wildman–Crippen MR) is 66.3 cm³/mol. The zero-order valence-corrected chi connectivity index (χ0v) is 10.4. The number of nitrogens with zero attached hydrogens (tertiary/aromatic N) is 2. The van der Waals surface area contributed by atoms with E-state index in [-0.39, 0.29) is 0 Å². The fraction of sp³-hybridized carbons (Fsp3) is 0.545. The number of esters is 1. The van der Waals surface area contributed by atoms with Crippen molar-refractivity contribution in [2.24, 2.45) is 0 Å². The van der Waals surface area contributed by atoms with Crippen LogP contribution in [0.5, 0.6) is 0 Å². The lowest BCUT2D eigenvalue weighted by Gasteiger charge is -2.10. The van der Waals surface area contributed by atoms with Gasteiger partial charge in [-0.25, -0.2) is 9.78 Å². The summed E-state index contributed by atoms with van der Waals surface area (Å²) in [5, 5.41) is 5.91. The Morgan fingerprint density at radius 3 is 2.82 bits per heavy atom. The van der Waals surface area contributed by atoms with Gasteiger partial charge in [0.2, 0.25) is 5.95 Å². The summed E-state index contributed by atoms with van der Waals surface area (Å²) in [6, 6.07) is 0. The molecule has 1 aromatic heterocycles. The molecule has 0 bridgehead atoms. The Morgan fingerprint density at radius 2 is 2.24 bits per heavy atom. The first kappa shape index (κ1) is 13.2. The van der Waals surface area contributed by atoms with Gasteiger partial charge < -0.3 is 15.4 Å². The molecule has 0 aromatic carbocycles. The molecule has 0 spiro atoms. The van der Waals surface area contributed by atoms with Crippen molar-refractivity contribution in [3.63, 3.8) is 0 Å². The van der Waals surface area contributed by atoms with Crippen molar-refractivity contribution in [1.82, 2.24) is 9.97 Å². The van der Waals surface area contributed by atoms with Gasteiger partial charge in [-0.15, -0.1) is 0 Å². The monoisotopic (exact) mass is 238 g/mol. The van der Waals surface area contributed by atoms with Crippen LogP contribution in [0.25, 0.3) is 0 Å². The highest BCUT2D eigenvalue weighted by Gasteiger charge is 2.15. The number of carbonyl (C=O) groups excluding carboxylic acids is 1. The lowest BCUT2D eigenvalue weighted by Crippen LogP contribution is -2.13. The minimum atomic E-state index is -0.409. The van der Waals surface area contributed by atoms with Crippen LogP contribution in [0.1, 0.15) is 30.6 Å². The summed E-state index contributed by atoms with van der Waals surface area (Å²) in [6.45, 7) is 4.88. The van der Waals surface area contributed by atoms with E-state index < -0.39 is 5.97 Å². The Morgan fingerprint density at radius 1 is 1.47 bits per heavy atom. The van der Waals surface area contributed by atoms with E-state index in [1.54, 1.807) is 14.0 Å². The number of nitrogens with one attached hydrogen (secondary N) is 2. The van der Waals surface area contributed by atoms with E-state index in [2.05, 4.69) is 20.6 Å². The largest absolute Gasteiger partial charge is 0.462 e. The molecule has 0 aliphatic rings. The van der Waals surface area contributed by atoms with Crippen molar-refractivity contribution in [2.45, 2.75) is 20.3 Å². The van der Waals surface area contributed by atoms with E-state index >= 15 is 0 Å². The maximum Gasteiger partial charge on any atom is 0.343 e. The van der Waals surface area contributed by atoms with Gasteiger partial charge >= 0.3 is 5.97 Å². The molecule has 6 nitrogen and oxygen atoms in total. The summed E-state index contributed by atoms with van der Waals surface area (Å²) < 4.78 is 4.94. The van der Waals surface area contributed by atoms with Crippen LogP contribution in [0.4, 0.5) is 11.8 Å². The SMILES string of the molecule is CCCNc1nc(NC)ncc1C(=O)OCC. The van der Waals surface area contributed by atoms with Gasteiger partial charge in [0.15, 0.2) is 0 Å². The summed E-state index contributed by atoms with van der Waals surface area (Å²) in [5.41, 5.74) is 0.360. The molecule has 2 N–H and O–H groups in total. The molecular formula is C11H18N4O2. The van der Waals surface area contributed by atoms with Crippen molar-refractivity contribution in [3.05, 3.63) is 11.8 Å². The van der Waals surface area contributed by atoms with Crippen molar-refractivity contribution < 1.29 is 9.53 Å². The molecule has 0 saturated heterocycles. The average molecular weight is 238 g/mol. The van der Waals surface area contributed by atoms with Crippen molar-refractivity contribution in [1.29, 1.82) is 0 Å². The van der Waals surface area contributed by atoms with Crippen molar-refractivity contribution in [2.75, 3.05) is 30.8 Å². The van der Waals surface area contributed by atoms with E-state index in [9.17, 15) is 4.79 Å². The number of ether oxygens (including phenoxy) is 1. The van der Waals surface area contributed by atoms with Crippen molar-refractivity contribution >= 4 is 17.7 Å². The first-order valence-electron chi connectivity index (χ1n) is 5.68. The third-order valence-corrected chi connectivity index (χ3v) is 2.05. The third kappa shape index (κ3) is 3.58. The summed E-state index contributed by atoms with van der Waals surface area (Å²) in [4.78, 5) is 19.9. The summed E-state index contributed by atoms with van der Waals surface area (Å²) >= 11 is 0. The number of hydrogen-bond acceptors (Lipinski definition) is 6. The van der Waals surface area contributed by atoms with Crippen LogP contribution in [0.15, 0.2) is 6.20 Å². The summed E-state index contributed by atoms with van der Waals surface area (Å²) in [6.07, 6.45) is 2.41. The van der Waals surface area contributed by atoms with Gasteiger partial charge in [-0.05, 0) is 13.3 Å². The van der Waals surface area contributed by atoms with Crippen LogP contribution in [0.2, 0.25) is 0 Å². The highest BCUT2D eigenvalue weighted by atomic mass is 16.5. The second-order valence-corrected chi connectivity index (χ2v) is 3.35. The Labute approximate surface area is 101 Å². The lowest BCUT2D eigenvalue weighted by molar-refractivity contribution is 0.0526. The molecule has 1 heterocycles. The molecule has 6 heteroatoms. The molecule has 1 rings (SSSR count). The summed E-state index contributed by atoms with van der Waals surface area (Å²) in [7, 11) is 1.73. The molecule has 0 amide bonds. The molecule has 0 aliphatic heterocycles. The molecule has 0 unspecified atom stereocenters. The fourth-order valence-corrected chi connectivity index (χ4v) is 1.24. The van der Waals surface area contributed by atoms with E-state index in [1.165, 1.54) is 6.20 Å². The highest BCUT2D eigenvalue weighted by Crippen LogP contribution is 2.15. The first-order chi connectivity index (χ1) is 8.22. The van der Waals surface area contributed by atoms with Crippen LogP contribution in [-0.4, -0.2) is 36.1 Å². The molecule has 0 radical (unpaired) electrons. The molecule has 0 fully saturated rings. The predicted octanol–water partition coefficient (Wildman–Crippen LogP) is 1.52. The smallest absolute Gasteiger partial charge is 0.343 e. The molecular weight excluding hydrogens is 220 g/mol. The lowest BCUT2D eigenvalue weighted by atomic mass is 10.3. The second-order valence-electron chi connectivity index (χ2n) is 3.35. The number of hydrogen-bond donors (Lipinski definition) is 2. The van der Waals surface area contributed by atoms with Crippen LogP contribution in [0, 0.1) is 0 Å². The van der Waals surface area contributed by atoms with E-state index in [1.807, 2.05) is 6.92 Å². The Balaban J connectivity index is 2.97. The van der Waals surface area contributed by atoms with Gasteiger partial charge in [0.05, 0.1) is 6.61 Å². The van der Waals surface area contributed by atoms with Gasteiger partial charge in [0.1, 0.15) is 11.4 Å². The highest BCUT2D eigenvalue weighted by molar-refractivity contribution is 5.94. The van der Waals surface area contributed by atoms with Gasteiger partial charge in [0, 0.05) is 19.8 Å². The number of aromatic nitrogens is 2. The van der Waals surface area contributed by atoms with Gasteiger partial charge in [-0.1, -0.05) is 6.92 Å². The third-order valence-electron chi connectivity index (χ3n) is 2.05. The Bertz CT molecular complexity index is 382. The number of carbonyl (C=O) groups is 1. The Hall–Kier alpha value is -1.85. The molecule has 1 aromatic rings. The number of rotatable bonds is 6. The minimum Gasteiger partial charge on any atom is -0.462 e. The van der Waals surface area contributed by atoms with Crippen LogP contribution >= 0.6 is 0 Å². The van der Waals surface area contributed by atoms with Gasteiger partial charge in [-0.2, -0.15) is 4.98 Å². The molecule has 17 heavy (non-hydrogen) atoms. The topological polar surface area (TPSA) is 76.1 Å². The first-order valence-corrected chi connectivity index (χ1v) is 5.68. The molecule has 0 aliphatic carbocycles. The maximum atomic E-state index is 11.7. The Kier molecular flexibility index (Phi) is 5.19. The zero-order chi connectivity index (χ0) is 12.7. The van der Waals surface area contributed by atoms with E-state index in [0.29, 0.717) is 23.9 Å². The van der Waals surface area contributed by atoms with Crippen LogP contribution in [0.3, 0.4) is 0 Å². The number of anilines is 2. The van der Waals surface area contributed by atoms with Crippen LogP contribution in [-0.2, 0) is 4.74 Å². The molecule has 94 valence electrons. The minimum absolute atomic E-state index is 0.333. The standard InChI is InChI=1S/C11H18N4O2/c1-4-6-13-9-8(10(16)17-5-2)7-14-11(12-3)15-9/h7H,4-6H2,1-3H3,(H2,12,13,14,15). The normalized spacial score (nSPS) is 9.82. The van der Waals surface area contributed by atoms with Crippen molar-refractivity contribution in [3.8, 4) is 0 Å². The second kappa shape index (κ2) is 6.67. The zero-order valence-electron chi connectivity index (χ0n) is 10.4. The molecule has 0 saturated carbocycles. The van der Waals surface area contributed by atoms with E-state index in [4.69, 9.17) is 4.74 Å². The molecule has 0 atom stereocenters. The van der Waals surface area contributed by atoms with E-state index in [0.717, 1.165) is 13.0 Å². The quantitative estimate of drug-likeness (QED) is 0.732. The maximum absolute atomic E-state index is 11.7. The van der Waals surface area contributed by atoms with Gasteiger partial charge in [-0.3, -0.25) is 0 Å². The fourth-order valence-electron chi connectivity index (χ4n) is 1.24. The summed E-state index contributed by atoms with van der Waals surface area (Å²) in [5.74, 6) is 0.565. The average Bonchev–Trinajstić information content (AvgIpc) is 2.36.